The Balaban J connectivity index is 2.75. The lowest BCUT2D eigenvalue weighted by atomic mass is 9.99. The molecular weight excluding hydrogens is 322 g/mol. The summed E-state index contributed by atoms with van der Waals surface area (Å²) in [6, 6.07) is 6.43. The Morgan fingerprint density at radius 1 is 1.12 bits per heavy atom. The second kappa shape index (κ2) is 10.2. The van der Waals surface area contributed by atoms with E-state index in [2.05, 4.69) is 15.8 Å². The van der Waals surface area contributed by atoms with E-state index in [9.17, 15) is 14.4 Å². The fraction of sp³-hybridized carbons (Fsp3) is 0.444. The van der Waals surface area contributed by atoms with Crippen LogP contribution in [0.15, 0.2) is 29.4 Å². The second-order valence-corrected chi connectivity index (χ2v) is 5.55. The molecule has 0 saturated carbocycles. The second-order valence-electron chi connectivity index (χ2n) is 5.55. The average Bonchev–Trinajstić information content (AvgIpc) is 2.57. The van der Waals surface area contributed by atoms with Crippen LogP contribution in [0.4, 0.5) is 5.69 Å². The molecule has 0 aromatic heterocycles. The molecule has 0 aliphatic rings. The van der Waals surface area contributed by atoms with Gasteiger partial charge in [0.2, 0.25) is 5.91 Å². The van der Waals surface area contributed by atoms with Crippen molar-refractivity contribution >= 4 is 29.2 Å². The third kappa shape index (κ3) is 6.74. The van der Waals surface area contributed by atoms with E-state index in [-0.39, 0.29) is 11.9 Å². The van der Waals surface area contributed by atoms with Crippen LogP contribution in [0.2, 0.25) is 0 Å². The van der Waals surface area contributed by atoms with Gasteiger partial charge in [-0.1, -0.05) is 13.3 Å². The van der Waals surface area contributed by atoms with Crippen LogP contribution >= 0.6 is 0 Å². The minimum Gasteiger partial charge on any atom is -0.465 e. The van der Waals surface area contributed by atoms with Crippen LogP contribution in [0.1, 0.15) is 50.9 Å². The van der Waals surface area contributed by atoms with Crippen LogP contribution in [-0.2, 0) is 14.3 Å². The molecule has 1 aromatic rings. The molecule has 7 nitrogen and oxygen atoms in total. The maximum atomic E-state index is 12.1. The number of carbonyl (C=O) groups excluding carboxylic acids is 3. The van der Waals surface area contributed by atoms with Crippen molar-refractivity contribution < 1.29 is 19.1 Å². The first-order chi connectivity index (χ1) is 11.9. The summed E-state index contributed by atoms with van der Waals surface area (Å²) in [6.45, 7) is 7.12. The zero-order valence-electron chi connectivity index (χ0n) is 15.1. The molecule has 0 aliphatic heterocycles. The van der Waals surface area contributed by atoms with E-state index >= 15 is 0 Å². The van der Waals surface area contributed by atoms with Gasteiger partial charge in [0.25, 0.3) is 5.91 Å². The van der Waals surface area contributed by atoms with Gasteiger partial charge in [-0.2, -0.15) is 5.10 Å². The molecule has 0 saturated heterocycles. The molecule has 1 rings (SSSR count). The van der Waals surface area contributed by atoms with Gasteiger partial charge >= 0.3 is 5.97 Å². The molecule has 1 aromatic carbocycles. The van der Waals surface area contributed by atoms with Crippen molar-refractivity contribution in [1.29, 1.82) is 0 Å². The number of esters is 1. The van der Waals surface area contributed by atoms with E-state index < -0.39 is 11.8 Å². The predicted molar refractivity (Wildman–Crippen MR) is 96.4 cm³/mol. The number of hydrogen-bond donors (Lipinski definition) is 2. The van der Waals surface area contributed by atoms with Crippen molar-refractivity contribution in [3.63, 3.8) is 0 Å². The van der Waals surface area contributed by atoms with Gasteiger partial charge in [0.15, 0.2) is 0 Å². The lowest BCUT2D eigenvalue weighted by molar-refractivity contribution is -0.145. The van der Waals surface area contributed by atoms with E-state index in [1.54, 1.807) is 38.1 Å². The van der Waals surface area contributed by atoms with Crippen molar-refractivity contribution in [3.05, 3.63) is 29.8 Å². The van der Waals surface area contributed by atoms with Crippen molar-refractivity contribution in [1.82, 2.24) is 5.43 Å². The molecule has 2 N–H and O–H groups in total. The first-order valence-electron chi connectivity index (χ1n) is 8.27. The fourth-order valence-electron chi connectivity index (χ4n) is 2.22. The minimum atomic E-state index is -0.465. The van der Waals surface area contributed by atoms with Crippen molar-refractivity contribution in [2.24, 2.45) is 11.0 Å². The number of carbonyl (C=O) groups is 3. The summed E-state index contributed by atoms with van der Waals surface area (Å²) in [5.74, 6) is -1.38. The zero-order chi connectivity index (χ0) is 18.8. The van der Waals surface area contributed by atoms with Gasteiger partial charge in [-0.15, -0.1) is 0 Å². The molecule has 2 amide bonds. The summed E-state index contributed by atoms with van der Waals surface area (Å²) < 4.78 is 5.05. The molecule has 0 bridgehead atoms. The highest BCUT2D eigenvalue weighted by Gasteiger charge is 2.22. The molecule has 0 heterocycles. The normalized spacial score (nSPS) is 12.2. The number of anilines is 1. The summed E-state index contributed by atoms with van der Waals surface area (Å²) >= 11 is 0. The Kier molecular flexibility index (Phi) is 8.32. The topological polar surface area (TPSA) is 96.9 Å². The van der Waals surface area contributed by atoms with Crippen molar-refractivity contribution in [3.8, 4) is 0 Å². The van der Waals surface area contributed by atoms with Crippen LogP contribution < -0.4 is 10.7 Å². The Bertz CT molecular complexity index is 638. The van der Waals surface area contributed by atoms with Crippen LogP contribution in [0.25, 0.3) is 0 Å². The molecule has 136 valence electrons. The SMILES string of the molecule is CCC[C@@H](C(=O)OCC)/C(C)=N\NC(=O)c1ccc(NC(C)=O)cc1. The molecular formula is C18H25N3O4. The number of benzene rings is 1. The van der Waals surface area contributed by atoms with Gasteiger partial charge in [-0.05, 0) is 44.5 Å². The molecule has 0 unspecified atom stereocenters. The first-order valence-corrected chi connectivity index (χ1v) is 8.27. The number of amides is 2. The highest BCUT2D eigenvalue weighted by atomic mass is 16.5. The van der Waals surface area contributed by atoms with Crippen LogP contribution in [0.5, 0.6) is 0 Å². The zero-order valence-corrected chi connectivity index (χ0v) is 15.1. The summed E-state index contributed by atoms with van der Waals surface area (Å²) in [5.41, 5.74) is 3.95. The van der Waals surface area contributed by atoms with Gasteiger partial charge < -0.3 is 10.1 Å². The minimum absolute atomic E-state index is 0.182. The van der Waals surface area contributed by atoms with Crippen LogP contribution in [-0.4, -0.2) is 30.1 Å². The molecule has 0 fully saturated rings. The number of hydrazone groups is 1. The van der Waals surface area contributed by atoms with Gasteiger partial charge in [0, 0.05) is 23.9 Å². The Morgan fingerprint density at radius 2 is 1.76 bits per heavy atom. The van der Waals surface area contributed by atoms with Crippen molar-refractivity contribution in [2.45, 2.75) is 40.5 Å². The highest BCUT2D eigenvalue weighted by molar-refractivity contribution is 6.02. The lowest BCUT2D eigenvalue weighted by Gasteiger charge is -2.14. The Hall–Kier alpha value is -2.70. The van der Waals surface area contributed by atoms with E-state index in [0.29, 0.717) is 30.0 Å². The third-order valence-electron chi connectivity index (χ3n) is 3.45. The summed E-state index contributed by atoms with van der Waals surface area (Å²) in [7, 11) is 0. The molecule has 1 atom stereocenters. The summed E-state index contributed by atoms with van der Waals surface area (Å²) in [4.78, 5) is 35.1. The first kappa shape index (κ1) is 20.3. The van der Waals surface area contributed by atoms with E-state index in [1.807, 2.05) is 6.92 Å². The fourth-order valence-corrected chi connectivity index (χ4v) is 2.22. The van der Waals surface area contributed by atoms with Gasteiger partial charge in [0.05, 0.1) is 12.5 Å². The monoisotopic (exact) mass is 347 g/mol. The predicted octanol–water partition coefficient (Wildman–Crippen LogP) is 2.73. The number of hydrogen-bond acceptors (Lipinski definition) is 5. The van der Waals surface area contributed by atoms with E-state index in [0.717, 1.165) is 6.42 Å². The number of nitrogens with one attached hydrogen (secondary N) is 2. The smallest absolute Gasteiger partial charge is 0.314 e. The quantitative estimate of drug-likeness (QED) is 0.429. The maximum absolute atomic E-state index is 12.1. The van der Waals surface area contributed by atoms with Gasteiger partial charge in [-0.3, -0.25) is 14.4 Å². The molecule has 0 spiro atoms. The Morgan fingerprint density at radius 3 is 2.28 bits per heavy atom. The third-order valence-corrected chi connectivity index (χ3v) is 3.45. The van der Waals surface area contributed by atoms with E-state index in [4.69, 9.17) is 4.74 Å². The summed E-state index contributed by atoms with van der Waals surface area (Å²) in [6.07, 6.45) is 1.41. The van der Waals surface area contributed by atoms with E-state index in [1.165, 1.54) is 6.92 Å². The standard InChI is InChI=1S/C18H25N3O4/c1-5-7-16(18(24)25-6-2)12(3)20-21-17(23)14-8-10-15(11-9-14)19-13(4)22/h8-11,16H,5-7H2,1-4H3,(H,19,22)(H,21,23)/b20-12-/t16-/m1/s1. The largest absolute Gasteiger partial charge is 0.465 e. The van der Waals surface area contributed by atoms with Gasteiger partial charge in [-0.25, -0.2) is 5.43 Å². The lowest BCUT2D eigenvalue weighted by Crippen LogP contribution is -2.27. The molecule has 7 heteroatoms. The molecule has 0 radical (unpaired) electrons. The number of rotatable bonds is 8. The molecule has 0 aliphatic carbocycles. The van der Waals surface area contributed by atoms with Crippen LogP contribution in [0, 0.1) is 5.92 Å². The Labute approximate surface area is 147 Å². The number of ether oxygens (including phenoxy) is 1. The maximum Gasteiger partial charge on any atom is 0.314 e. The summed E-state index contributed by atoms with van der Waals surface area (Å²) in [5, 5.41) is 6.67. The average molecular weight is 347 g/mol. The molecule has 25 heavy (non-hydrogen) atoms. The number of nitrogens with zero attached hydrogens (tertiary/aromatic N) is 1. The van der Waals surface area contributed by atoms with Gasteiger partial charge in [0.1, 0.15) is 0 Å². The highest BCUT2D eigenvalue weighted by Crippen LogP contribution is 2.12. The van der Waals surface area contributed by atoms with Crippen LogP contribution in [0.3, 0.4) is 0 Å². The van der Waals surface area contributed by atoms with Crippen molar-refractivity contribution in [2.75, 3.05) is 11.9 Å².